The molecule has 24 heavy (non-hydrogen) atoms. The highest BCUT2D eigenvalue weighted by Gasteiger charge is 2.46. The van der Waals surface area contributed by atoms with Crippen LogP contribution in [0.1, 0.15) is 44.5 Å². The minimum Gasteiger partial charge on any atom is -0.373 e. The number of hydrogen-bond donors (Lipinski definition) is 3. The monoisotopic (exact) mass is 327 g/mol. The molecule has 0 spiro atoms. The molecular weight excluding hydrogens is 306 g/mol. The molecule has 1 aliphatic carbocycles. The van der Waals surface area contributed by atoms with Crippen LogP contribution in [0.4, 0.5) is 11.5 Å². The summed E-state index contributed by atoms with van der Waals surface area (Å²) in [6.45, 7) is 2.01. The first kappa shape index (κ1) is 15.3. The second-order valence-corrected chi connectivity index (χ2v) is 6.71. The van der Waals surface area contributed by atoms with Crippen LogP contribution >= 0.6 is 0 Å². The number of hydrogen-bond acceptors (Lipinski definition) is 6. The van der Waals surface area contributed by atoms with E-state index >= 15 is 0 Å². The molecule has 3 heterocycles. The van der Waals surface area contributed by atoms with Gasteiger partial charge in [0.2, 0.25) is 0 Å². The van der Waals surface area contributed by atoms with E-state index < -0.39 is 11.9 Å². The van der Waals surface area contributed by atoms with Gasteiger partial charge in [0.15, 0.2) is 0 Å². The fraction of sp³-hybridized carbons (Fsp3) is 0.471. The van der Waals surface area contributed by atoms with E-state index in [0.29, 0.717) is 23.1 Å². The summed E-state index contributed by atoms with van der Waals surface area (Å²) in [7, 11) is 0. The normalized spacial score (nSPS) is 26.5. The molecule has 0 bridgehead atoms. The number of nitrogens with one attached hydrogen (secondary N) is 2. The Kier molecular flexibility index (Phi) is 3.62. The van der Waals surface area contributed by atoms with Crippen LogP contribution in [-0.4, -0.2) is 19.6 Å². The number of pyridine rings is 1. The molecule has 7 nitrogen and oxygen atoms in total. The smallest absolute Gasteiger partial charge is 0.276 e. The highest BCUT2D eigenvalue weighted by atomic mass is 16.3. The molecule has 1 fully saturated rings. The molecule has 1 saturated carbocycles. The van der Waals surface area contributed by atoms with Crippen LogP contribution in [0, 0.1) is 5.92 Å². The molecule has 2 unspecified atom stereocenters. The molecule has 7 heteroatoms. The third kappa shape index (κ3) is 2.32. The number of aliphatic hydroxyl groups excluding tert-OH is 1. The summed E-state index contributed by atoms with van der Waals surface area (Å²) in [6.07, 6.45) is 6.69. The molecule has 1 aliphatic heterocycles. The van der Waals surface area contributed by atoms with Crippen molar-refractivity contribution in [2.45, 2.75) is 44.5 Å². The van der Waals surface area contributed by atoms with E-state index in [9.17, 15) is 9.90 Å². The summed E-state index contributed by atoms with van der Waals surface area (Å²) >= 11 is 0. The first-order chi connectivity index (χ1) is 11.6. The topological polar surface area (TPSA) is 92.1 Å². The molecular formula is C17H21N5O2. The van der Waals surface area contributed by atoms with E-state index in [0.717, 1.165) is 12.8 Å². The van der Waals surface area contributed by atoms with E-state index in [1.54, 1.807) is 29.0 Å². The number of fused-ring (bicyclic) bond motifs is 1. The van der Waals surface area contributed by atoms with Crippen molar-refractivity contribution in [1.29, 1.82) is 0 Å². The Balaban J connectivity index is 1.78. The maximum Gasteiger partial charge on any atom is 0.276 e. The quantitative estimate of drug-likeness (QED) is 0.797. The van der Waals surface area contributed by atoms with Gasteiger partial charge >= 0.3 is 0 Å². The van der Waals surface area contributed by atoms with Gasteiger partial charge in [-0.3, -0.25) is 14.7 Å². The lowest BCUT2D eigenvalue weighted by molar-refractivity contribution is 0.0774. The van der Waals surface area contributed by atoms with Gasteiger partial charge in [-0.25, -0.2) is 9.97 Å². The maximum atomic E-state index is 13.1. The third-order valence-corrected chi connectivity index (χ3v) is 5.28. The van der Waals surface area contributed by atoms with Crippen LogP contribution in [0.3, 0.4) is 0 Å². The van der Waals surface area contributed by atoms with E-state index in [1.165, 1.54) is 19.2 Å². The maximum absolute atomic E-state index is 13.1. The fourth-order valence-electron chi connectivity index (χ4n) is 4.05. The van der Waals surface area contributed by atoms with Crippen LogP contribution in [0.5, 0.6) is 0 Å². The fourth-order valence-corrected chi connectivity index (χ4v) is 4.05. The van der Waals surface area contributed by atoms with Crippen molar-refractivity contribution in [3.63, 3.8) is 0 Å². The zero-order valence-electron chi connectivity index (χ0n) is 13.6. The second kappa shape index (κ2) is 5.68. The highest BCUT2D eigenvalue weighted by Crippen LogP contribution is 2.41. The van der Waals surface area contributed by atoms with E-state index in [4.69, 9.17) is 0 Å². The Morgan fingerprint density at radius 3 is 2.83 bits per heavy atom. The summed E-state index contributed by atoms with van der Waals surface area (Å²) in [5, 5.41) is 16.7. The summed E-state index contributed by atoms with van der Waals surface area (Å²) in [5.41, 5.74) is 0.343. The molecule has 0 amide bonds. The minimum atomic E-state index is -0.823. The number of aliphatic hydroxyl groups is 1. The molecule has 3 N–H and O–H groups in total. The molecule has 2 aromatic rings. The molecule has 126 valence electrons. The van der Waals surface area contributed by atoms with Crippen molar-refractivity contribution >= 4 is 11.5 Å². The Labute approximate surface area is 139 Å². The molecule has 2 atom stereocenters. The standard InChI is InChI=1S/C17H21N5O2/c1-17(11-4-2-3-5-11)21-15(23)13-7-6-12(16(24)22(13)17)20-14-8-9-18-10-19-14/h6-11,15,21,23H,2-5H2,1H3,(H,18,19,20). The number of rotatable bonds is 3. The van der Waals surface area contributed by atoms with Gasteiger partial charge in [0.25, 0.3) is 5.56 Å². The Bertz CT molecular complexity index is 800. The number of aromatic nitrogens is 3. The first-order valence-electron chi connectivity index (χ1n) is 8.35. The lowest BCUT2D eigenvalue weighted by Gasteiger charge is -2.34. The summed E-state index contributed by atoms with van der Waals surface area (Å²) < 4.78 is 1.72. The van der Waals surface area contributed by atoms with Crippen molar-refractivity contribution in [2.24, 2.45) is 5.92 Å². The highest BCUT2D eigenvalue weighted by molar-refractivity contribution is 5.55. The third-order valence-electron chi connectivity index (χ3n) is 5.28. The summed E-state index contributed by atoms with van der Waals surface area (Å²) in [6, 6.07) is 5.20. The SMILES string of the molecule is CC1(C2CCCC2)NC(O)c2ccc(Nc3ccncn3)c(=O)n21. The van der Waals surface area contributed by atoms with E-state index in [2.05, 4.69) is 20.6 Å². The van der Waals surface area contributed by atoms with Crippen LogP contribution in [0.15, 0.2) is 35.5 Å². The van der Waals surface area contributed by atoms with Crippen LogP contribution < -0.4 is 16.2 Å². The number of anilines is 2. The second-order valence-electron chi connectivity index (χ2n) is 6.71. The zero-order valence-corrected chi connectivity index (χ0v) is 13.6. The van der Waals surface area contributed by atoms with Gasteiger partial charge in [-0.2, -0.15) is 0 Å². The van der Waals surface area contributed by atoms with Gasteiger partial charge in [-0.05, 0) is 43.9 Å². The van der Waals surface area contributed by atoms with Crippen molar-refractivity contribution in [3.05, 3.63) is 46.8 Å². The van der Waals surface area contributed by atoms with Gasteiger partial charge < -0.3 is 10.4 Å². The molecule has 0 saturated heterocycles. The average molecular weight is 327 g/mol. The van der Waals surface area contributed by atoms with E-state index in [1.807, 2.05) is 6.92 Å². The van der Waals surface area contributed by atoms with Gasteiger partial charge in [-0.15, -0.1) is 0 Å². The predicted octanol–water partition coefficient (Wildman–Crippen LogP) is 1.84. The van der Waals surface area contributed by atoms with Gasteiger partial charge in [0.1, 0.15) is 29.7 Å². The molecule has 0 aromatic carbocycles. The van der Waals surface area contributed by atoms with Crippen LogP contribution in [-0.2, 0) is 5.66 Å². The molecule has 0 radical (unpaired) electrons. The first-order valence-corrected chi connectivity index (χ1v) is 8.35. The van der Waals surface area contributed by atoms with Crippen molar-refractivity contribution in [1.82, 2.24) is 19.9 Å². The Hall–Kier alpha value is -2.25. The van der Waals surface area contributed by atoms with E-state index in [-0.39, 0.29) is 5.56 Å². The Morgan fingerprint density at radius 1 is 1.33 bits per heavy atom. The van der Waals surface area contributed by atoms with Gasteiger partial charge in [-0.1, -0.05) is 12.8 Å². The molecule has 2 aliphatic rings. The van der Waals surface area contributed by atoms with Crippen LogP contribution in [0.25, 0.3) is 0 Å². The van der Waals surface area contributed by atoms with Gasteiger partial charge in [0.05, 0.1) is 5.69 Å². The van der Waals surface area contributed by atoms with Crippen molar-refractivity contribution in [3.8, 4) is 0 Å². The predicted molar refractivity (Wildman–Crippen MR) is 89.7 cm³/mol. The molecule has 2 aromatic heterocycles. The molecule has 4 rings (SSSR count). The average Bonchev–Trinajstić information content (AvgIpc) is 3.19. The summed E-state index contributed by atoms with van der Waals surface area (Å²) in [4.78, 5) is 21.1. The van der Waals surface area contributed by atoms with Crippen LogP contribution in [0.2, 0.25) is 0 Å². The zero-order chi connectivity index (χ0) is 16.7. The minimum absolute atomic E-state index is 0.149. The van der Waals surface area contributed by atoms with Gasteiger partial charge in [0, 0.05) is 6.20 Å². The lowest BCUT2D eigenvalue weighted by Crippen LogP contribution is -2.49. The summed E-state index contributed by atoms with van der Waals surface area (Å²) in [5.74, 6) is 0.900. The number of nitrogens with zero attached hydrogens (tertiary/aromatic N) is 3. The largest absolute Gasteiger partial charge is 0.373 e. The van der Waals surface area contributed by atoms with Crippen molar-refractivity contribution in [2.75, 3.05) is 5.32 Å². The van der Waals surface area contributed by atoms with Crippen molar-refractivity contribution < 1.29 is 5.11 Å². The Morgan fingerprint density at radius 2 is 2.12 bits per heavy atom. The lowest BCUT2D eigenvalue weighted by atomic mass is 9.92.